The zero-order valence-electron chi connectivity index (χ0n) is 16.2. The summed E-state index contributed by atoms with van der Waals surface area (Å²) in [6.45, 7) is 6.16. The normalized spacial score (nSPS) is 15.4. The van der Waals surface area contributed by atoms with Gasteiger partial charge in [-0.25, -0.2) is 4.99 Å². The van der Waals surface area contributed by atoms with Crippen molar-refractivity contribution in [1.29, 1.82) is 0 Å². The second-order valence-corrected chi connectivity index (χ2v) is 7.10. The molecule has 1 amide bonds. The highest BCUT2D eigenvalue weighted by Crippen LogP contribution is 2.10. The van der Waals surface area contributed by atoms with Gasteiger partial charge in [-0.1, -0.05) is 23.7 Å². The van der Waals surface area contributed by atoms with E-state index in [9.17, 15) is 4.79 Å². The first-order chi connectivity index (χ1) is 13.0. The van der Waals surface area contributed by atoms with Crippen molar-refractivity contribution < 1.29 is 9.53 Å². The third kappa shape index (κ3) is 8.60. The summed E-state index contributed by atoms with van der Waals surface area (Å²) in [5, 5.41) is 7.14. The van der Waals surface area contributed by atoms with Gasteiger partial charge in [0.05, 0.1) is 26.3 Å². The maximum absolute atomic E-state index is 11.8. The number of hydrogen-bond acceptors (Lipinski definition) is 4. The third-order valence-electron chi connectivity index (χ3n) is 4.29. The number of aliphatic imine (C=N–C) groups is 1. The zero-order valence-corrected chi connectivity index (χ0v) is 17.0. The van der Waals surface area contributed by atoms with Crippen molar-refractivity contribution in [2.24, 2.45) is 4.99 Å². The summed E-state index contributed by atoms with van der Waals surface area (Å²) in [5.74, 6) is 0.645. The van der Waals surface area contributed by atoms with Crippen molar-refractivity contribution in [3.8, 4) is 0 Å². The summed E-state index contributed by atoms with van der Waals surface area (Å²) in [7, 11) is 3.48. The molecule has 27 heavy (non-hydrogen) atoms. The van der Waals surface area contributed by atoms with Crippen LogP contribution in [0.15, 0.2) is 29.3 Å². The summed E-state index contributed by atoms with van der Waals surface area (Å²) in [4.78, 5) is 20.4. The van der Waals surface area contributed by atoms with E-state index < -0.39 is 0 Å². The van der Waals surface area contributed by atoms with Crippen LogP contribution < -0.4 is 10.6 Å². The van der Waals surface area contributed by atoms with E-state index in [0.29, 0.717) is 17.5 Å². The quantitative estimate of drug-likeness (QED) is 0.393. The molecule has 0 bridgehead atoms. The first-order valence-electron chi connectivity index (χ1n) is 9.31. The van der Waals surface area contributed by atoms with Crippen LogP contribution in [0, 0.1) is 0 Å². The molecule has 2 N–H and O–H groups in total. The zero-order chi connectivity index (χ0) is 19.5. The Morgan fingerprint density at radius 2 is 1.93 bits per heavy atom. The van der Waals surface area contributed by atoms with Gasteiger partial charge >= 0.3 is 0 Å². The third-order valence-corrected chi connectivity index (χ3v) is 4.54. The first-order valence-corrected chi connectivity index (χ1v) is 9.69. The SMILES string of the molecule is CN(C)C(=O)CNC(=NCc1ccc(Cl)cc1)NCCCN1CCOCC1. The molecule has 150 valence electrons. The molecule has 1 saturated heterocycles. The Morgan fingerprint density at radius 1 is 1.22 bits per heavy atom. The van der Waals surface area contributed by atoms with Crippen LogP contribution >= 0.6 is 11.6 Å². The predicted molar refractivity (Wildman–Crippen MR) is 109 cm³/mol. The van der Waals surface area contributed by atoms with Crippen molar-refractivity contribution in [2.45, 2.75) is 13.0 Å². The molecular formula is C19H30ClN5O2. The highest BCUT2D eigenvalue weighted by molar-refractivity contribution is 6.30. The molecule has 7 nitrogen and oxygen atoms in total. The second kappa shape index (κ2) is 11.8. The summed E-state index contributed by atoms with van der Waals surface area (Å²) in [5.41, 5.74) is 1.06. The number of rotatable bonds is 8. The maximum Gasteiger partial charge on any atom is 0.241 e. The van der Waals surface area contributed by atoms with Gasteiger partial charge in [0.2, 0.25) is 5.91 Å². The molecule has 1 aromatic carbocycles. The Kier molecular flexibility index (Phi) is 9.38. The summed E-state index contributed by atoms with van der Waals surface area (Å²) < 4.78 is 5.37. The van der Waals surface area contributed by atoms with Gasteiger partial charge in [-0.3, -0.25) is 9.69 Å². The summed E-state index contributed by atoms with van der Waals surface area (Å²) in [6.07, 6.45) is 1.00. The largest absolute Gasteiger partial charge is 0.379 e. The molecule has 1 fully saturated rings. The van der Waals surface area contributed by atoms with Crippen LogP contribution in [0.5, 0.6) is 0 Å². The van der Waals surface area contributed by atoms with Gasteiger partial charge in [0.1, 0.15) is 0 Å². The van der Waals surface area contributed by atoms with Crippen LogP contribution in [0.3, 0.4) is 0 Å². The van der Waals surface area contributed by atoms with E-state index in [1.165, 1.54) is 0 Å². The molecule has 0 atom stereocenters. The fraction of sp³-hybridized carbons (Fsp3) is 0.579. The van der Waals surface area contributed by atoms with Gasteiger partial charge in [0.25, 0.3) is 0 Å². The van der Waals surface area contributed by atoms with Crippen LogP contribution in [0.2, 0.25) is 5.02 Å². The van der Waals surface area contributed by atoms with Crippen molar-refractivity contribution in [3.63, 3.8) is 0 Å². The van der Waals surface area contributed by atoms with Gasteiger partial charge < -0.3 is 20.3 Å². The highest BCUT2D eigenvalue weighted by atomic mass is 35.5. The van der Waals surface area contributed by atoms with Crippen molar-refractivity contribution in [1.82, 2.24) is 20.4 Å². The second-order valence-electron chi connectivity index (χ2n) is 6.67. The minimum atomic E-state index is 0.00399. The standard InChI is InChI=1S/C19H30ClN5O2/c1-24(2)18(26)15-23-19(22-14-16-4-6-17(20)7-5-16)21-8-3-9-25-10-12-27-13-11-25/h4-7H,3,8-15H2,1-2H3,(H2,21,22,23). The number of hydrogen-bond donors (Lipinski definition) is 2. The molecule has 1 aliphatic heterocycles. The topological polar surface area (TPSA) is 69.2 Å². The number of halogens is 1. The number of morpholine rings is 1. The molecule has 0 radical (unpaired) electrons. The van der Waals surface area contributed by atoms with Crippen molar-refractivity contribution in [3.05, 3.63) is 34.9 Å². The molecule has 8 heteroatoms. The van der Waals surface area contributed by atoms with E-state index in [4.69, 9.17) is 16.3 Å². The number of guanidine groups is 1. The molecular weight excluding hydrogens is 366 g/mol. The van der Waals surface area contributed by atoms with Gasteiger partial charge in [0.15, 0.2) is 5.96 Å². The van der Waals surface area contributed by atoms with E-state index in [1.807, 2.05) is 24.3 Å². The highest BCUT2D eigenvalue weighted by Gasteiger charge is 2.10. The Bertz CT molecular complexity index is 601. The molecule has 1 aliphatic rings. The molecule has 2 rings (SSSR count). The lowest BCUT2D eigenvalue weighted by atomic mass is 10.2. The predicted octanol–water partition coefficient (Wildman–Crippen LogP) is 1.19. The minimum Gasteiger partial charge on any atom is -0.379 e. The Labute approximate surface area is 166 Å². The molecule has 0 unspecified atom stereocenters. The lowest BCUT2D eigenvalue weighted by Crippen LogP contribution is -2.44. The summed E-state index contributed by atoms with van der Waals surface area (Å²) in [6, 6.07) is 7.61. The Morgan fingerprint density at radius 3 is 2.59 bits per heavy atom. The number of amides is 1. The molecule has 0 aromatic heterocycles. The fourth-order valence-corrected chi connectivity index (χ4v) is 2.71. The Balaban J connectivity index is 1.82. The fourth-order valence-electron chi connectivity index (χ4n) is 2.59. The van der Waals surface area contributed by atoms with Crippen molar-refractivity contribution in [2.75, 3.05) is 60.0 Å². The minimum absolute atomic E-state index is 0.00399. The van der Waals surface area contributed by atoms with Crippen LogP contribution in [0.25, 0.3) is 0 Å². The van der Waals surface area contributed by atoms with Gasteiger partial charge in [-0.2, -0.15) is 0 Å². The monoisotopic (exact) mass is 395 g/mol. The number of benzene rings is 1. The van der Waals surface area contributed by atoms with Gasteiger partial charge in [-0.05, 0) is 30.7 Å². The molecule has 0 aliphatic carbocycles. The molecule has 1 heterocycles. The average molecular weight is 396 g/mol. The lowest BCUT2D eigenvalue weighted by Gasteiger charge is -2.26. The maximum atomic E-state index is 11.8. The van der Waals surface area contributed by atoms with E-state index in [0.717, 1.165) is 51.4 Å². The lowest BCUT2D eigenvalue weighted by molar-refractivity contribution is -0.127. The number of ether oxygens (including phenoxy) is 1. The van der Waals surface area contributed by atoms with Crippen molar-refractivity contribution >= 4 is 23.5 Å². The summed E-state index contributed by atoms with van der Waals surface area (Å²) >= 11 is 5.92. The average Bonchev–Trinajstić information content (AvgIpc) is 2.68. The number of nitrogens with zero attached hydrogens (tertiary/aromatic N) is 3. The van der Waals surface area contributed by atoms with E-state index in [1.54, 1.807) is 19.0 Å². The number of carbonyl (C=O) groups is 1. The molecule has 0 spiro atoms. The number of likely N-dealkylation sites (N-methyl/N-ethyl adjacent to an activating group) is 1. The van der Waals surface area contributed by atoms with Crippen LogP contribution in [0.4, 0.5) is 0 Å². The van der Waals surface area contributed by atoms with E-state index in [-0.39, 0.29) is 12.5 Å². The number of nitrogens with one attached hydrogen (secondary N) is 2. The van der Waals surface area contributed by atoms with Crippen LogP contribution in [-0.4, -0.2) is 81.7 Å². The van der Waals surface area contributed by atoms with Gasteiger partial charge in [0, 0.05) is 38.8 Å². The van der Waals surface area contributed by atoms with E-state index in [2.05, 4.69) is 20.5 Å². The van der Waals surface area contributed by atoms with E-state index >= 15 is 0 Å². The number of carbonyl (C=O) groups excluding carboxylic acids is 1. The van der Waals surface area contributed by atoms with Crippen LogP contribution in [-0.2, 0) is 16.1 Å². The smallest absolute Gasteiger partial charge is 0.241 e. The van der Waals surface area contributed by atoms with Crippen LogP contribution in [0.1, 0.15) is 12.0 Å². The van der Waals surface area contributed by atoms with Gasteiger partial charge in [-0.15, -0.1) is 0 Å². The first kappa shape index (κ1) is 21.5. The molecule has 1 aromatic rings. The Hall–Kier alpha value is -1.83. The molecule has 0 saturated carbocycles.